The van der Waals surface area contributed by atoms with Crippen LogP contribution in [-0.2, 0) is 0 Å². The maximum atomic E-state index is 4.34. The summed E-state index contributed by atoms with van der Waals surface area (Å²) in [6.07, 6.45) is 11.4. The fourth-order valence-corrected chi connectivity index (χ4v) is 1.69. The third kappa shape index (κ3) is 1.29. The molecule has 1 N–H and O–H groups in total. The smallest absolute Gasteiger partial charge is 0.0958 e. The minimum absolute atomic E-state index is 0.957. The Morgan fingerprint density at radius 1 is 1.20 bits per heavy atom. The van der Waals surface area contributed by atoms with Gasteiger partial charge in [-0.25, -0.2) is 0 Å². The zero-order valence-electron chi connectivity index (χ0n) is 8.01. The summed E-state index contributed by atoms with van der Waals surface area (Å²) in [5, 5.41) is 0. The van der Waals surface area contributed by atoms with E-state index in [9.17, 15) is 0 Å². The number of aromatic nitrogens is 1. The maximum Gasteiger partial charge on any atom is 0.0958 e. The molecule has 0 spiro atoms. The number of aliphatic imine (C=N–C) groups is 2. The predicted octanol–water partition coefficient (Wildman–Crippen LogP) is 2.23. The van der Waals surface area contributed by atoms with Crippen molar-refractivity contribution in [3.8, 4) is 0 Å². The lowest BCUT2D eigenvalue weighted by atomic mass is 10.1. The molecule has 0 aliphatic carbocycles. The molecule has 15 heavy (non-hydrogen) atoms. The van der Waals surface area contributed by atoms with Gasteiger partial charge >= 0.3 is 0 Å². The lowest BCUT2D eigenvalue weighted by Crippen LogP contribution is -2.02. The summed E-state index contributed by atoms with van der Waals surface area (Å²) in [5.41, 5.74) is 4.02. The Morgan fingerprint density at radius 2 is 2.20 bits per heavy atom. The van der Waals surface area contributed by atoms with E-state index < -0.39 is 0 Å². The standard InChI is InChI=1S/C12H9N3/c1-3-10(13-6-1)9-5-8-15-12(9)11-4-2-7-14-11/h1-8,14H. The Kier molecular flexibility index (Phi) is 1.75. The normalized spacial score (nSPS) is 22.8. The van der Waals surface area contributed by atoms with Gasteiger partial charge in [0.1, 0.15) is 0 Å². The molecule has 0 saturated heterocycles. The van der Waals surface area contributed by atoms with Crippen LogP contribution >= 0.6 is 0 Å². The molecule has 3 nitrogen and oxygen atoms in total. The highest BCUT2D eigenvalue weighted by molar-refractivity contribution is 6.16. The SMILES string of the molecule is C1=CC(=C2C=CN=C2c2ccc[nH]2)N=C1. The van der Waals surface area contributed by atoms with E-state index in [0.717, 1.165) is 22.7 Å². The van der Waals surface area contributed by atoms with Crippen LogP contribution in [0.2, 0.25) is 0 Å². The lowest BCUT2D eigenvalue weighted by Gasteiger charge is -2.01. The summed E-state index contributed by atoms with van der Waals surface area (Å²) >= 11 is 0. The average Bonchev–Trinajstić information content (AvgIpc) is 3.01. The molecule has 3 heterocycles. The van der Waals surface area contributed by atoms with Crippen LogP contribution < -0.4 is 0 Å². The van der Waals surface area contributed by atoms with Crippen LogP contribution in [0, 0.1) is 0 Å². The number of allylic oxidation sites excluding steroid dienone is 4. The molecular weight excluding hydrogens is 186 g/mol. The summed E-state index contributed by atoms with van der Waals surface area (Å²) in [6.45, 7) is 0. The van der Waals surface area contributed by atoms with E-state index in [1.807, 2.05) is 36.6 Å². The van der Waals surface area contributed by atoms with Crippen molar-refractivity contribution in [2.45, 2.75) is 0 Å². The summed E-state index contributed by atoms with van der Waals surface area (Å²) in [7, 11) is 0. The van der Waals surface area contributed by atoms with Gasteiger partial charge in [-0.15, -0.1) is 0 Å². The number of aromatic amines is 1. The van der Waals surface area contributed by atoms with Gasteiger partial charge in [0.05, 0.1) is 17.1 Å². The van der Waals surface area contributed by atoms with Gasteiger partial charge in [-0.1, -0.05) is 0 Å². The first-order chi connectivity index (χ1) is 7.45. The highest BCUT2D eigenvalue weighted by atomic mass is 14.8. The van der Waals surface area contributed by atoms with E-state index >= 15 is 0 Å². The molecule has 0 aromatic carbocycles. The van der Waals surface area contributed by atoms with Crippen molar-refractivity contribution < 1.29 is 0 Å². The summed E-state index contributed by atoms with van der Waals surface area (Å²) in [6, 6.07) is 3.97. The van der Waals surface area contributed by atoms with Crippen molar-refractivity contribution >= 4 is 11.9 Å². The fourth-order valence-electron chi connectivity index (χ4n) is 1.69. The molecule has 3 rings (SSSR count). The molecular formula is C12H9N3. The largest absolute Gasteiger partial charge is 0.360 e. The Morgan fingerprint density at radius 3 is 2.93 bits per heavy atom. The Hall–Kier alpha value is -2.16. The summed E-state index contributed by atoms with van der Waals surface area (Å²) in [5.74, 6) is 0. The topological polar surface area (TPSA) is 40.5 Å². The van der Waals surface area contributed by atoms with Crippen LogP contribution in [0.25, 0.3) is 0 Å². The van der Waals surface area contributed by atoms with Gasteiger partial charge in [0.15, 0.2) is 0 Å². The minimum Gasteiger partial charge on any atom is -0.360 e. The van der Waals surface area contributed by atoms with Crippen molar-refractivity contribution in [1.82, 2.24) is 4.98 Å². The van der Waals surface area contributed by atoms with Crippen LogP contribution in [0.15, 0.2) is 64.0 Å². The number of H-pyrrole nitrogens is 1. The van der Waals surface area contributed by atoms with Gasteiger partial charge < -0.3 is 4.98 Å². The van der Waals surface area contributed by atoms with E-state index in [-0.39, 0.29) is 0 Å². The number of rotatable bonds is 1. The van der Waals surface area contributed by atoms with Crippen LogP contribution in [0.3, 0.4) is 0 Å². The molecule has 0 unspecified atom stereocenters. The first-order valence-corrected chi connectivity index (χ1v) is 4.78. The highest BCUT2D eigenvalue weighted by Gasteiger charge is 2.15. The van der Waals surface area contributed by atoms with E-state index in [4.69, 9.17) is 0 Å². The Balaban J connectivity index is 2.09. The molecule has 2 aliphatic heterocycles. The van der Waals surface area contributed by atoms with Crippen molar-refractivity contribution in [1.29, 1.82) is 0 Å². The van der Waals surface area contributed by atoms with Crippen LogP contribution in [0.5, 0.6) is 0 Å². The molecule has 3 heteroatoms. The van der Waals surface area contributed by atoms with Gasteiger partial charge in [-0.05, 0) is 30.4 Å². The molecule has 0 radical (unpaired) electrons. The second-order valence-corrected chi connectivity index (χ2v) is 3.31. The van der Waals surface area contributed by atoms with Crippen LogP contribution in [0.1, 0.15) is 5.69 Å². The van der Waals surface area contributed by atoms with E-state index in [1.165, 1.54) is 0 Å². The van der Waals surface area contributed by atoms with Gasteiger partial charge in [-0.2, -0.15) is 0 Å². The fraction of sp³-hybridized carbons (Fsp3) is 0. The van der Waals surface area contributed by atoms with E-state index in [1.54, 1.807) is 12.4 Å². The first kappa shape index (κ1) is 8.17. The average molecular weight is 195 g/mol. The van der Waals surface area contributed by atoms with Crippen LogP contribution in [0.4, 0.5) is 0 Å². The number of hydrogen-bond acceptors (Lipinski definition) is 2. The molecule has 72 valence electrons. The van der Waals surface area contributed by atoms with E-state index in [0.29, 0.717) is 0 Å². The number of nitrogens with zero attached hydrogens (tertiary/aromatic N) is 2. The Labute approximate surface area is 87.3 Å². The molecule has 1 aromatic heterocycles. The van der Waals surface area contributed by atoms with Gasteiger partial charge in [0, 0.05) is 24.2 Å². The maximum absolute atomic E-state index is 4.34. The zero-order valence-corrected chi connectivity index (χ0v) is 8.01. The molecule has 0 amide bonds. The lowest BCUT2D eigenvalue weighted by molar-refractivity contribution is 1.35. The highest BCUT2D eigenvalue weighted by Crippen LogP contribution is 2.21. The van der Waals surface area contributed by atoms with Gasteiger partial charge in [-0.3, -0.25) is 9.98 Å². The molecule has 0 atom stereocenters. The molecule has 0 fully saturated rings. The summed E-state index contributed by atoms with van der Waals surface area (Å²) in [4.78, 5) is 11.8. The third-order valence-electron chi connectivity index (χ3n) is 2.38. The Bertz CT molecular complexity index is 511. The molecule has 0 bridgehead atoms. The van der Waals surface area contributed by atoms with Crippen molar-refractivity contribution in [2.75, 3.05) is 0 Å². The van der Waals surface area contributed by atoms with Crippen molar-refractivity contribution in [3.63, 3.8) is 0 Å². The van der Waals surface area contributed by atoms with Crippen molar-refractivity contribution in [3.05, 3.63) is 59.7 Å². The van der Waals surface area contributed by atoms with Crippen LogP contribution in [-0.4, -0.2) is 16.9 Å². The van der Waals surface area contributed by atoms with Gasteiger partial charge in [0.25, 0.3) is 0 Å². The monoisotopic (exact) mass is 195 g/mol. The van der Waals surface area contributed by atoms with E-state index in [2.05, 4.69) is 15.0 Å². The minimum atomic E-state index is 0.957. The second kappa shape index (κ2) is 3.20. The third-order valence-corrected chi connectivity index (χ3v) is 2.38. The quantitative estimate of drug-likeness (QED) is 0.714. The predicted molar refractivity (Wildman–Crippen MR) is 61.1 cm³/mol. The first-order valence-electron chi connectivity index (χ1n) is 4.78. The number of hydrogen-bond donors (Lipinski definition) is 1. The van der Waals surface area contributed by atoms with Gasteiger partial charge in [0.2, 0.25) is 0 Å². The van der Waals surface area contributed by atoms with Crippen molar-refractivity contribution in [2.24, 2.45) is 9.98 Å². The zero-order chi connectivity index (χ0) is 10.1. The second-order valence-electron chi connectivity index (χ2n) is 3.31. The molecule has 0 saturated carbocycles. The number of nitrogens with one attached hydrogen (secondary N) is 1. The molecule has 1 aromatic rings. The summed E-state index contributed by atoms with van der Waals surface area (Å²) < 4.78 is 0. The molecule has 2 aliphatic rings.